The molecule has 0 radical (unpaired) electrons. The van der Waals surface area contributed by atoms with E-state index >= 15 is 0 Å². The van der Waals surface area contributed by atoms with E-state index in [1.54, 1.807) is 42.5 Å². The van der Waals surface area contributed by atoms with Crippen molar-refractivity contribution in [3.05, 3.63) is 54.1 Å². The number of ether oxygens (including phenoxy) is 3. The monoisotopic (exact) mass is 432 g/mol. The predicted molar refractivity (Wildman–Crippen MR) is 117 cm³/mol. The number of hydrogen-bond acceptors (Lipinski definition) is 7. The molecule has 1 amide bonds. The van der Waals surface area contributed by atoms with Crippen LogP contribution in [0.5, 0.6) is 17.2 Å². The maximum absolute atomic E-state index is 11.7. The molecule has 0 aliphatic heterocycles. The van der Waals surface area contributed by atoms with E-state index in [1.807, 2.05) is 6.92 Å². The van der Waals surface area contributed by atoms with Gasteiger partial charge in [-0.15, -0.1) is 0 Å². The lowest BCUT2D eigenvalue weighted by Crippen LogP contribution is -2.33. The van der Waals surface area contributed by atoms with Gasteiger partial charge in [0.15, 0.2) is 0 Å². The third kappa shape index (κ3) is 9.25. The Morgan fingerprint density at radius 1 is 1.10 bits per heavy atom. The number of aromatic hydroxyl groups is 1. The van der Waals surface area contributed by atoms with Gasteiger partial charge in [-0.1, -0.05) is 12.1 Å². The molecule has 0 fully saturated rings. The summed E-state index contributed by atoms with van der Waals surface area (Å²) in [6, 6.07) is 13.7. The van der Waals surface area contributed by atoms with Crippen LogP contribution in [0.25, 0.3) is 0 Å². The minimum atomic E-state index is -0.713. The molecule has 0 aliphatic carbocycles. The summed E-state index contributed by atoms with van der Waals surface area (Å²) >= 11 is 0. The first-order valence-corrected chi connectivity index (χ1v) is 10.4. The summed E-state index contributed by atoms with van der Waals surface area (Å²) in [6.45, 7) is 4.55. The topological polar surface area (TPSA) is 123 Å². The molecule has 170 valence electrons. The highest BCUT2D eigenvalue weighted by atomic mass is 16.5. The number of rotatable bonds is 15. The van der Waals surface area contributed by atoms with Crippen LogP contribution in [0.3, 0.4) is 0 Å². The number of nitrogens with one attached hydrogen (secondary N) is 1. The molecular formula is C23H32N2O6. The maximum Gasteiger partial charge on any atom is 0.225 e. The molecule has 0 spiro atoms. The van der Waals surface area contributed by atoms with Crippen LogP contribution in [0.2, 0.25) is 0 Å². The summed E-state index contributed by atoms with van der Waals surface area (Å²) in [7, 11) is 0. The van der Waals surface area contributed by atoms with E-state index in [9.17, 15) is 15.0 Å². The first kappa shape index (κ1) is 24.5. The third-order valence-corrected chi connectivity index (χ3v) is 4.57. The van der Waals surface area contributed by atoms with Gasteiger partial charge < -0.3 is 35.5 Å². The Morgan fingerprint density at radius 3 is 2.45 bits per heavy atom. The molecular weight excluding hydrogens is 400 g/mol. The van der Waals surface area contributed by atoms with E-state index in [0.29, 0.717) is 50.6 Å². The van der Waals surface area contributed by atoms with Crippen molar-refractivity contribution >= 4 is 5.91 Å². The van der Waals surface area contributed by atoms with Crippen LogP contribution in [-0.2, 0) is 9.53 Å². The first-order chi connectivity index (χ1) is 15.0. The number of hydrogen-bond donors (Lipinski definition) is 4. The average Bonchev–Trinajstić information content (AvgIpc) is 2.75. The molecule has 5 N–H and O–H groups in total. The predicted octanol–water partition coefficient (Wildman–Crippen LogP) is 1.80. The molecule has 0 saturated heterocycles. The number of amides is 1. The highest BCUT2D eigenvalue weighted by Crippen LogP contribution is 2.22. The SMILES string of the molecule is CCOCCOc1ccc(OCC(O)CNCCC(C(N)=O)c2cccc(O)c2)cc1. The van der Waals surface area contributed by atoms with Gasteiger partial charge >= 0.3 is 0 Å². The largest absolute Gasteiger partial charge is 0.508 e. The summed E-state index contributed by atoms with van der Waals surface area (Å²) in [5.41, 5.74) is 6.16. The fourth-order valence-corrected chi connectivity index (χ4v) is 2.98. The van der Waals surface area contributed by atoms with E-state index in [1.165, 1.54) is 6.07 Å². The minimum Gasteiger partial charge on any atom is -0.508 e. The van der Waals surface area contributed by atoms with Crippen molar-refractivity contribution in [2.24, 2.45) is 5.73 Å². The highest BCUT2D eigenvalue weighted by molar-refractivity contribution is 5.82. The van der Waals surface area contributed by atoms with Gasteiger partial charge in [0.1, 0.15) is 36.6 Å². The normalized spacial score (nSPS) is 12.8. The molecule has 2 aromatic carbocycles. The molecule has 8 nitrogen and oxygen atoms in total. The van der Waals surface area contributed by atoms with Gasteiger partial charge in [-0.3, -0.25) is 4.79 Å². The van der Waals surface area contributed by atoms with Gasteiger partial charge in [0.25, 0.3) is 0 Å². The van der Waals surface area contributed by atoms with Crippen molar-refractivity contribution in [1.29, 1.82) is 0 Å². The Kier molecular flexibility index (Phi) is 10.6. The van der Waals surface area contributed by atoms with Crippen LogP contribution in [0.15, 0.2) is 48.5 Å². The average molecular weight is 433 g/mol. The van der Waals surface area contributed by atoms with E-state index < -0.39 is 17.9 Å². The van der Waals surface area contributed by atoms with Crippen molar-refractivity contribution in [2.75, 3.05) is 39.5 Å². The van der Waals surface area contributed by atoms with Gasteiger partial charge in [-0.25, -0.2) is 0 Å². The molecule has 0 heterocycles. The Morgan fingerprint density at radius 2 is 1.81 bits per heavy atom. The molecule has 2 rings (SSSR count). The number of benzene rings is 2. The Labute approximate surface area is 182 Å². The Balaban J connectivity index is 1.66. The summed E-state index contributed by atoms with van der Waals surface area (Å²) < 4.78 is 16.4. The molecule has 0 bridgehead atoms. The van der Waals surface area contributed by atoms with Crippen molar-refractivity contribution in [3.63, 3.8) is 0 Å². The van der Waals surface area contributed by atoms with E-state index in [2.05, 4.69) is 5.32 Å². The van der Waals surface area contributed by atoms with Gasteiger partial charge in [0.05, 0.1) is 12.5 Å². The Bertz CT molecular complexity index is 784. The molecule has 2 atom stereocenters. The summed E-state index contributed by atoms with van der Waals surface area (Å²) in [6.07, 6.45) is -0.258. The van der Waals surface area contributed by atoms with Gasteiger partial charge in [-0.05, 0) is 61.9 Å². The zero-order valence-electron chi connectivity index (χ0n) is 17.8. The first-order valence-electron chi connectivity index (χ1n) is 10.4. The van der Waals surface area contributed by atoms with Crippen LogP contribution in [-0.4, -0.2) is 61.7 Å². The fourth-order valence-electron chi connectivity index (χ4n) is 2.98. The number of aliphatic hydroxyl groups is 1. The number of carbonyl (C=O) groups is 1. The number of carbonyl (C=O) groups excluding carboxylic acids is 1. The van der Waals surface area contributed by atoms with Crippen molar-refractivity contribution in [3.8, 4) is 17.2 Å². The minimum absolute atomic E-state index is 0.0920. The molecule has 0 saturated carbocycles. The van der Waals surface area contributed by atoms with E-state index in [4.69, 9.17) is 19.9 Å². The van der Waals surface area contributed by atoms with Crippen LogP contribution >= 0.6 is 0 Å². The molecule has 0 aliphatic rings. The van der Waals surface area contributed by atoms with Gasteiger partial charge in [0.2, 0.25) is 5.91 Å². The van der Waals surface area contributed by atoms with Gasteiger partial charge in [-0.2, -0.15) is 0 Å². The summed E-state index contributed by atoms with van der Waals surface area (Å²) in [5, 5.41) is 22.8. The van der Waals surface area contributed by atoms with Crippen molar-refractivity contribution in [2.45, 2.75) is 25.4 Å². The second kappa shape index (κ2) is 13.5. The highest BCUT2D eigenvalue weighted by Gasteiger charge is 2.18. The number of aliphatic hydroxyl groups excluding tert-OH is 1. The quantitative estimate of drug-likeness (QED) is 0.316. The smallest absolute Gasteiger partial charge is 0.225 e. The lowest BCUT2D eigenvalue weighted by atomic mass is 9.95. The zero-order chi connectivity index (χ0) is 22.5. The van der Waals surface area contributed by atoms with E-state index in [-0.39, 0.29) is 12.4 Å². The fraction of sp³-hybridized carbons (Fsp3) is 0.435. The summed E-state index contributed by atoms with van der Waals surface area (Å²) in [4.78, 5) is 11.7. The van der Waals surface area contributed by atoms with Crippen LogP contribution in [0.1, 0.15) is 24.8 Å². The molecule has 31 heavy (non-hydrogen) atoms. The number of nitrogens with two attached hydrogens (primary N) is 1. The number of phenols is 1. The van der Waals surface area contributed by atoms with Crippen molar-refractivity contribution < 1.29 is 29.2 Å². The standard InChI is InChI=1S/C23H32N2O6/c1-2-29-12-13-30-20-6-8-21(9-7-20)31-16-19(27)15-25-11-10-22(23(24)28)17-4-3-5-18(26)14-17/h3-9,14,19,22,25-27H,2,10-13,15-16H2,1H3,(H2,24,28). The number of phenolic OH excluding ortho intramolecular Hbond substituents is 1. The van der Waals surface area contributed by atoms with Crippen LogP contribution in [0, 0.1) is 0 Å². The Hall–Kier alpha value is -2.81. The third-order valence-electron chi connectivity index (χ3n) is 4.57. The second-order valence-corrected chi connectivity index (χ2v) is 7.02. The molecule has 8 heteroatoms. The molecule has 2 aromatic rings. The van der Waals surface area contributed by atoms with Crippen LogP contribution in [0.4, 0.5) is 0 Å². The number of primary amides is 1. The lowest BCUT2D eigenvalue weighted by molar-refractivity contribution is -0.119. The van der Waals surface area contributed by atoms with Gasteiger partial charge in [0, 0.05) is 13.2 Å². The summed E-state index contributed by atoms with van der Waals surface area (Å²) in [5.74, 6) is 0.483. The molecule has 2 unspecified atom stereocenters. The van der Waals surface area contributed by atoms with E-state index in [0.717, 1.165) is 5.75 Å². The lowest BCUT2D eigenvalue weighted by Gasteiger charge is -2.16. The van der Waals surface area contributed by atoms with Crippen molar-refractivity contribution in [1.82, 2.24) is 5.32 Å². The maximum atomic E-state index is 11.7. The molecule has 0 aromatic heterocycles. The van der Waals surface area contributed by atoms with Crippen LogP contribution < -0.4 is 20.5 Å². The zero-order valence-corrected chi connectivity index (χ0v) is 17.8. The second-order valence-electron chi connectivity index (χ2n) is 7.02.